The number of esters is 1. The molecule has 0 spiro atoms. The van der Waals surface area contributed by atoms with E-state index in [0.29, 0.717) is 0 Å². The number of carbonyl (C=O) groups excluding carboxylic acids is 1. The molecule has 1 aliphatic heterocycles. The Bertz CT molecular complexity index is 696. The first-order chi connectivity index (χ1) is 11.0. The maximum atomic E-state index is 12.0. The molecule has 0 aliphatic carbocycles. The average Bonchev–Trinajstić information content (AvgIpc) is 3.11. The molecule has 0 N–H and O–H groups in total. The first-order valence-electron chi connectivity index (χ1n) is 7.90. The molecule has 122 valence electrons. The van der Waals surface area contributed by atoms with E-state index < -0.39 is 5.41 Å². The highest BCUT2D eigenvalue weighted by atomic mass is 16.5. The molecule has 3 rings (SSSR count). The van der Waals surface area contributed by atoms with E-state index in [1.165, 1.54) is 12.7 Å². The van der Waals surface area contributed by atoms with Gasteiger partial charge in [-0.1, -0.05) is 30.3 Å². The fourth-order valence-electron chi connectivity index (χ4n) is 3.34. The van der Waals surface area contributed by atoms with Gasteiger partial charge in [-0.3, -0.25) is 14.4 Å². The number of aryl methyl sites for hydroxylation is 1. The molecule has 5 nitrogen and oxygen atoms in total. The molecular formula is C18H23N3O2. The minimum atomic E-state index is -0.399. The molecule has 2 heterocycles. The van der Waals surface area contributed by atoms with E-state index >= 15 is 0 Å². The van der Waals surface area contributed by atoms with Crippen molar-refractivity contribution in [3.05, 3.63) is 42.1 Å². The van der Waals surface area contributed by atoms with Crippen LogP contribution in [0.2, 0.25) is 0 Å². The lowest BCUT2D eigenvalue weighted by Gasteiger charge is -2.21. The maximum Gasteiger partial charge on any atom is 0.312 e. The van der Waals surface area contributed by atoms with Crippen molar-refractivity contribution in [2.45, 2.75) is 19.9 Å². The molecule has 1 aromatic heterocycles. The van der Waals surface area contributed by atoms with Crippen LogP contribution in [0.4, 0.5) is 0 Å². The van der Waals surface area contributed by atoms with Gasteiger partial charge < -0.3 is 4.74 Å². The Labute approximate surface area is 136 Å². The number of likely N-dealkylation sites (tertiary alicyclic amines) is 1. The van der Waals surface area contributed by atoms with Crippen LogP contribution < -0.4 is 0 Å². The summed E-state index contributed by atoms with van der Waals surface area (Å²) in [5.41, 5.74) is 2.93. The second-order valence-electron chi connectivity index (χ2n) is 6.56. The van der Waals surface area contributed by atoms with Gasteiger partial charge in [0.25, 0.3) is 0 Å². The highest BCUT2D eigenvalue weighted by molar-refractivity contribution is 5.77. The largest absolute Gasteiger partial charge is 0.469 e. The number of ether oxygens (including phenoxy) is 1. The van der Waals surface area contributed by atoms with Crippen molar-refractivity contribution in [1.82, 2.24) is 14.7 Å². The second kappa shape index (κ2) is 6.16. The lowest BCUT2D eigenvalue weighted by molar-refractivity contribution is -0.151. The first-order valence-corrected chi connectivity index (χ1v) is 7.90. The smallest absolute Gasteiger partial charge is 0.312 e. The topological polar surface area (TPSA) is 47.4 Å². The SMILES string of the molecule is COC(=O)C1(C)CCN(Cc2cn(C)nc2-c2ccccc2)C1. The number of carbonyl (C=O) groups is 1. The fraction of sp³-hybridized carbons (Fsp3) is 0.444. The van der Waals surface area contributed by atoms with Crippen LogP contribution in [0.3, 0.4) is 0 Å². The highest BCUT2D eigenvalue weighted by Gasteiger charge is 2.41. The molecule has 0 amide bonds. The van der Waals surface area contributed by atoms with E-state index in [2.05, 4.69) is 28.3 Å². The zero-order valence-electron chi connectivity index (χ0n) is 14.0. The van der Waals surface area contributed by atoms with Crippen LogP contribution in [-0.4, -0.2) is 40.8 Å². The van der Waals surface area contributed by atoms with Crippen molar-refractivity contribution in [2.75, 3.05) is 20.2 Å². The van der Waals surface area contributed by atoms with Crippen molar-refractivity contribution in [2.24, 2.45) is 12.5 Å². The van der Waals surface area contributed by atoms with E-state index in [1.54, 1.807) is 0 Å². The molecule has 1 atom stereocenters. The van der Waals surface area contributed by atoms with E-state index in [9.17, 15) is 4.79 Å². The van der Waals surface area contributed by atoms with Gasteiger partial charge in [0, 0.05) is 37.5 Å². The quantitative estimate of drug-likeness (QED) is 0.814. The highest BCUT2D eigenvalue weighted by Crippen LogP contribution is 2.33. The van der Waals surface area contributed by atoms with Crippen LogP contribution in [0.25, 0.3) is 11.3 Å². The van der Waals surface area contributed by atoms with E-state index in [1.807, 2.05) is 36.9 Å². The van der Waals surface area contributed by atoms with Crippen molar-refractivity contribution in [3.8, 4) is 11.3 Å². The van der Waals surface area contributed by atoms with Crippen LogP contribution in [0.1, 0.15) is 18.9 Å². The summed E-state index contributed by atoms with van der Waals surface area (Å²) in [4.78, 5) is 14.3. The first kappa shape index (κ1) is 15.7. The molecule has 23 heavy (non-hydrogen) atoms. The Balaban J connectivity index is 1.79. The van der Waals surface area contributed by atoms with Crippen LogP contribution >= 0.6 is 0 Å². The van der Waals surface area contributed by atoms with Crippen molar-refractivity contribution in [3.63, 3.8) is 0 Å². The molecule has 1 saturated heterocycles. The minimum Gasteiger partial charge on any atom is -0.469 e. The number of rotatable bonds is 4. The van der Waals surface area contributed by atoms with Crippen LogP contribution in [0.5, 0.6) is 0 Å². The predicted molar refractivity (Wildman–Crippen MR) is 88.7 cm³/mol. The zero-order chi connectivity index (χ0) is 16.4. The molecule has 2 aromatic rings. The Morgan fingerprint density at radius 3 is 2.78 bits per heavy atom. The Morgan fingerprint density at radius 1 is 1.35 bits per heavy atom. The number of hydrogen-bond donors (Lipinski definition) is 0. The fourth-order valence-corrected chi connectivity index (χ4v) is 3.34. The summed E-state index contributed by atoms with van der Waals surface area (Å²) in [5, 5.41) is 4.61. The summed E-state index contributed by atoms with van der Waals surface area (Å²) in [6.45, 7) is 4.41. The molecule has 0 radical (unpaired) electrons. The van der Waals surface area contributed by atoms with E-state index in [-0.39, 0.29) is 5.97 Å². The van der Waals surface area contributed by atoms with Crippen molar-refractivity contribution in [1.29, 1.82) is 0 Å². The van der Waals surface area contributed by atoms with Crippen molar-refractivity contribution < 1.29 is 9.53 Å². The molecule has 0 bridgehead atoms. The summed E-state index contributed by atoms with van der Waals surface area (Å²) >= 11 is 0. The Hall–Kier alpha value is -2.14. The van der Waals surface area contributed by atoms with Gasteiger partial charge in [0.2, 0.25) is 0 Å². The van der Waals surface area contributed by atoms with Gasteiger partial charge in [0.1, 0.15) is 0 Å². The third kappa shape index (κ3) is 3.15. The molecule has 1 aliphatic rings. The molecule has 1 fully saturated rings. The van der Waals surface area contributed by atoms with Gasteiger partial charge in [-0.25, -0.2) is 0 Å². The summed E-state index contributed by atoms with van der Waals surface area (Å²) in [5.74, 6) is -0.116. The van der Waals surface area contributed by atoms with Crippen LogP contribution in [0, 0.1) is 5.41 Å². The van der Waals surface area contributed by atoms with Gasteiger partial charge in [0.05, 0.1) is 18.2 Å². The molecule has 0 saturated carbocycles. The predicted octanol–water partition coefficient (Wildman–Crippen LogP) is 2.47. The lowest BCUT2D eigenvalue weighted by Crippen LogP contribution is -2.32. The van der Waals surface area contributed by atoms with Crippen LogP contribution in [0.15, 0.2) is 36.5 Å². The van der Waals surface area contributed by atoms with Gasteiger partial charge in [-0.15, -0.1) is 0 Å². The standard InChI is InChI=1S/C18H23N3O2/c1-18(17(22)23-3)9-10-21(13-18)12-15-11-20(2)19-16(15)14-7-5-4-6-8-14/h4-8,11H,9-10,12-13H2,1-3H3. The third-order valence-corrected chi connectivity index (χ3v) is 4.58. The Morgan fingerprint density at radius 2 is 2.09 bits per heavy atom. The maximum absolute atomic E-state index is 12.0. The normalized spacial score (nSPS) is 21.5. The number of nitrogens with zero attached hydrogens (tertiary/aromatic N) is 3. The molecular weight excluding hydrogens is 290 g/mol. The second-order valence-corrected chi connectivity index (χ2v) is 6.56. The van der Waals surface area contributed by atoms with Gasteiger partial charge in [0.15, 0.2) is 0 Å². The number of methoxy groups -OCH3 is 1. The van der Waals surface area contributed by atoms with Crippen LogP contribution in [-0.2, 0) is 23.1 Å². The summed E-state index contributed by atoms with van der Waals surface area (Å²) in [7, 11) is 3.41. The lowest BCUT2D eigenvalue weighted by atomic mass is 9.90. The summed E-state index contributed by atoms with van der Waals surface area (Å²) in [6, 6.07) is 10.2. The van der Waals surface area contributed by atoms with Gasteiger partial charge in [-0.2, -0.15) is 5.10 Å². The molecule has 1 aromatic carbocycles. The number of aromatic nitrogens is 2. The molecule has 1 unspecified atom stereocenters. The number of benzene rings is 1. The summed E-state index contributed by atoms with van der Waals surface area (Å²) < 4.78 is 6.81. The van der Waals surface area contributed by atoms with Gasteiger partial charge >= 0.3 is 5.97 Å². The summed E-state index contributed by atoms with van der Waals surface area (Å²) in [6.07, 6.45) is 2.90. The zero-order valence-corrected chi connectivity index (χ0v) is 14.0. The third-order valence-electron chi connectivity index (χ3n) is 4.58. The molecule has 5 heteroatoms. The monoisotopic (exact) mass is 313 g/mol. The van der Waals surface area contributed by atoms with Crippen molar-refractivity contribution >= 4 is 5.97 Å². The van der Waals surface area contributed by atoms with E-state index in [0.717, 1.165) is 37.3 Å². The number of hydrogen-bond acceptors (Lipinski definition) is 4. The Kier molecular flexibility index (Phi) is 4.22. The van der Waals surface area contributed by atoms with Gasteiger partial charge in [-0.05, 0) is 19.9 Å². The minimum absolute atomic E-state index is 0.116. The van der Waals surface area contributed by atoms with E-state index in [4.69, 9.17) is 4.74 Å². The average molecular weight is 313 g/mol.